The molecular weight excluding hydrogens is 352 g/mol. The summed E-state index contributed by atoms with van der Waals surface area (Å²) in [6.45, 7) is 8.06. The zero-order chi connectivity index (χ0) is 20.3. The first kappa shape index (κ1) is 21.4. The molecule has 3 unspecified atom stereocenters. The molecule has 4 nitrogen and oxygen atoms in total. The van der Waals surface area contributed by atoms with Crippen molar-refractivity contribution in [1.29, 1.82) is 0 Å². The summed E-state index contributed by atoms with van der Waals surface area (Å²) >= 11 is 0. The highest BCUT2D eigenvalue weighted by atomic mass is 16.5. The number of ether oxygens (including phenoxy) is 2. The van der Waals surface area contributed by atoms with Crippen molar-refractivity contribution in [1.82, 2.24) is 0 Å². The van der Waals surface area contributed by atoms with Gasteiger partial charge in [-0.1, -0.05) is 33.1 Å². The van der Waals surface area contributed by atoms with Crippen molar-refractivity contribution in [3.05, 3.63) is 11.6 Å². The predicted molar refractivity (Wildman–Crippen MR) is 110 cm³/mol. The molecule has 0 bridgehead atoms. The van der Waals surface area contributed by atoms with Gasteiger partial charge in [-0.05, 0) is 79.3 Å². The highest BCUT2D eigenvalue weighted by Gasteiger charge is 2.44. The summed E-state index contributed by atoms with van der Waals surface area (Å²) in [5.74, 6) is 2.73. The molecule has 0 amide bonds. The molecule has 0 aliphatic heterocycles. The maximum absolute atomic E-state index is 11.5. The van der Waals surface area contributed by atoms with Gasteiger partial charge < -0.3 is 9.47 Å². The Hall–Kier alpha value is -1.32. The van der Waals surface area contributed by atoms with Crippen LogP contribution in [0.2, 0.25) is 0 Å². The molecule has 0 aromatic rings. The minimum Gasteiger partial charge on any atom is -0.461 e. The van der Waals surface area contributed by atoms with Crippen LogP contribution < -0.4 is 0 Å². The van der Waals surface area contributed by atoms with Crippen LogP contribution in [0.4, 0.5) is 0 Å². The highest BCUT2D eigenvalue weighted by Crippen LogP contribution is 2.53. The Morgan fingerprint density at radius 1 is 1.07 bits per heavy atom. The molecule has 2 saturated carbocycles. The summed E-state index contributed by atoms with van der Waals surface area (Å²) < 4.78 is 10.9. The van der Waals surface area contributed by atoms with Crippen molar-refractivity contribution < 1.29 is 19.1 Å². The second kappa shape index (κ2) is 9.00. The van der Waals surface area contributed by atoms with E-state index >= 15 is 0 Å². The molecule has 6 atom stereocenters. The lowest BCUT2D eigenvalue weighted by Crippen LogP contribution is -2.39. The number of hydrogen-bond donors (Lipinski definition) is 0. The first-order chi connectivity index (χ1) is 13.3. The van der Waals surface area contributed by atoms with Gasteiger partial charge in [0.1, 0.15) is 12.7 Å². The highest BCUT2D eigenvalue weighted by molar-refractivity contribution is 5.67. The Balaban J connectivity index is 1.82. The van der Waals surface area contributed by atoms with Gasteiger partial charge in [-0.2, -0.15) is 0 Å². The Morgan fingerprint density at radius 2 is 1.82 bits per heavy atom. The molecule has 0 heterocycles. The molecule has 0 N–H and O–H groups in total. The maximum Gasteiger partial charge on any atom is 0.303 e. The number of carbonyl (C=O) groups is 2. The second-order valence-corrected chi connectivity index (χ2v) is 9.77. The van der Waals surface area contributed by atoms with Gasteiger partial charge in [0.05, 0.1) is 0 Å². The zero-order valence-electron chi connectivity index (χ0n) is 18.2. The van der Waals surface area contributed by atoms with E-state index in [9.17, 15) is 9.59 Å². The van der Waals surface area contributed by atoms with E-state index in [1.165, 1.54) is 58.8 Å². The molecule has 0 saturated heterocycles. The molecule has 28 heavy (non-hydrogen) atoms. The number of esters is 2. The topological polar surface area (TPSA) is 52.6 Å². The van der Waals surface area contributed by atoms with Crippen LogP contribution in [0, 0.1) is 29.1 Å². The van der Waals surface area contributed by atoms with E-state index < -0.39 is 0 Å². The SMILES string of the molecule is CC(=O)OCC1=C[C@@H](OC(C)=O)CC[C@]1(C)C1CCCC[C@H]2C(C)CCC2C1. The largest absolute Gasteiger partial charge is 0.461 e. The van der Waals surface area contributed by atoms with Crippen molar-refractivity contribution in [2.45, 2.75) is 91.6 Å². The van der Waals surface area contributed by atoms with Gasteiger partial charge in [0.2, 0.25) is 0 Å². The molecule has 3 aliphatic carbocycles. The van der Waals surface area contributed by atoms with E-state index in [0.717, 1.165) is 36.2 Å². The van der Waals surface area contributed by atoms with E-state index in [4.69, 9.17) is 9.47 Å². The van der Waals surface area contributed by atoms with Gasteiger partial charge >= 0.3 is 11.9 Å². The third-order valence-corrected chi connectivity index (χ3v) is 7.97. The Bertz CT molecular complexity index is 610. The van der Waals surface area contributed by atoms with Gasteiger partial charge in [0.25, 0.3) is 0 Å². The van der Waals surface area contributed by atoms with Crippen LogP contribution in [0.1, 0.15) is 85.5 Å². The van der Waals surface area contributed by atoms with Crippen LogP contribution in [0.15, 0.2) is 11.6 Å². The summed E-state index contributed by atoms with van der Waals surface area (Å²) in [6.07, 6.45) is 13.1. The average Bonchev–Trinajstić information content (AvgIpc) is 2.93. The lowest BCUT2D eigenvalue weighted by atomic mass is 9.60. The van der Waals surface area contributed by atoms with Crippen LogP contribution in [-0.2, 0) is 19.1 Å². The molecule has 3 rings (SSSR count). The van der Waals surface area contributed by atoms with Crippen LogP contribution in [0.25, 0.3) is 0 Å². The minimum atomic E-state index is -0.250. The first-order valence-corrected chi connectivity index (χ1v) is 11.3. The zero-order valence-corrected chi connectivity index (χ0v) is 18.2. The van der Waals surface area contributed by atoms with Crippen LogP contribution in [-0.4, -0.2) is 24.6 Å². The fourth-order valence-electron chi connectivity index (χ4n) is 6.28. The van der Waals surface area contributed by atoms with E-state index in [1.807, 2.05) is 0 Å². The van der Waals surface area contributed by atoms with Crippen LogP contribution >= 0.6 is 0 Å². The summed E-state index contributed by atoms with van der Waals surface area (Å²) in [6, 6.07) is 0. The lowest BCUT2D eigenvalue weighted by molar-refractivity contribution is -0.146. The monoisotopic (exact) mass is 390 g/mol. The van der Waals surface area contributed by atoms with E-state index in [0.29, 0.717) is 12.5 Å². The van der Waals surface area contributed by atoms with Gasteiger partial charge in [-0.15, -0.1) is 0 Å². The molecule has 3 aliphatic rings. The van der Waals surface area contributed by atoms with Gasteiger partial charge in [-0.25, -0.2) is 0 Å². The van der Waals surface area contributed by atoms with E-state index in [1.54, 1.807) is 0 Å². The standard InChI is InChI=1S/C24H38O4/c1-16-9-10-19-13-20(7-5-6-8-23(16)19)24(4)12-11-22(28-18(3)26)14-21(24)15-27-17(2)25/h14,16,19-20,22-23H,5-13,15H2,1-4H3/t16?,19?,20?,22-,23-,24+/m0/s1. The van der Waals surface area contributed by atoms with Gasteiger partial charge in [0.15, 0.2) is 0 Å². The molecule has 4 heteroatoms. The molecule has 0 spiro atoms. The van der Waals surface area contributed by atoms with Crippen molar-refractivity contribution >= 4 is 11.9 Å². The van der Waals surface area contributed by atoms with E-state index in [-0.39, 0.29) is 23.5 Å². The summed E-state index contributed by atoms with van der Waals surface area (Å²) in [5, 5.41) is 0. The molecule has 0 aromatic heterocycles. The average molecular weight is 391 g/mol. The Labute approximate surface area is 170 Å². The fraction of sp³-hybridized carbons (Fsp3) is 0.833. The summed E-state index contributed by atoms with van der Waals surface area (Å²) in [7, 11) is 0. The second-order valence-electron chi connectivity index (χ2n) is 9.77. The molecular formula is C24H38O4. The number of fused-ring (bicyclic) bond motifs is 1. The van der Waals surface area contributed by atoms with Crippen molar-refractivity contribution in [2.24, 2.45) is 29.1 Å². The number of rotatable bonds is 4. The first-order valence-electron chi connectivity index (χ1n) is 11.3. The fourth-order valence-corrected chi connectivity index (χ4v) is 6.28. The third kappa shape index (κ3) is 4.80. The molecule has 0 aromatic carbocycles. The third-order valence-electron chi connectivity index (χ3n) is 7.97. The summed E-state index contributed by atoms with van der Waals surface area (Å²) in [5.41, 5.74) is 1.19. The quantitative estimate of drug-likeness (QED) is 0.473. The summed E-state index contributed by atoms with van der Waals surface area (Å²) in [4.78, 5) is 22.9. The van der Waals surface area contributed by atoms with E-state index in [2.05, 4.69) is 19.9 Å². The lowest BCUT2D eigenvalue weighted by Gasteiger charge is -2.46. The van der Waals surface area contributed by atoms with Crippen molar-refractivity contribution in [3.63, 3.8) is 0 Å². The number of carbonyl (C=O) groups excluding carboxylic acids is 2. The maximum atomic E-state index is 11.5. The van der Waals surface area contributed by atoms with Crippen molar-refractivity contribution in [3.8, 4) is 0 Å². The van der Waals surface area contributed by atoms with Crippen molar-refractivity contribution in [2.75, 3.05) is 6.61 Å². The van der Waals surface area contributed by atoms with Crippen LogP contribution in [0.5, 0.6) is 0 Å². The molecule has 0 radical (unpaired) electrons. The Kier molecular flexibility index (Phi) is 6.88. The van der Waals surface area contributed by atoms with Crippen LogP contribution in [0.3, 0.4) is 0 Å². The number of hydrogen-bond acceptors (Lipinski definition) is 4. The normalized spacial score (nSPS) is 38.6. The van der Waals surface area contributed by atoms with Gasteiger partial charge in [-0.3, -0.25) is 9.59 Å². The minimum absolute atomic E-state index is 0.0276. The molecule has 2 fully saturated rings. The molecule has 158 valence electrons. The van der Waals surface area contributed by atoms with Gasteiger partial charge in [0, 0.05) is 13.8 Å². The Morgan fingerprint density at radius 3 is 2.54 bits per heavy atom. The smallest absolute Gasteiger partial charge is 0.303 e. The predicted octanol–water partition coefficient (Wildman–Crippen LogP) is 5.45.